The zero-order chi connectivity index (χ0) is 16.5. The average molecular weight is 304 g/mol. The summed E-state index contributed by atoms with van der Waals surface area (Å²) in [5.41, 5.74) is -1.29. The lowest BCUT2D eigenvalue weighted by atomic mass is 9.90. The molecular formula is C15H28O6. The third-order valence-corrected chi connectivity index (χ3v) is 3.51. The van der Waals surface area contributed by atoms with Crippen molar-refractivity contribution in [3.8, 4) is 0 Å². The van der Waals surface area contributed by atoms with Crippen molar-refractivity contribution in [1.82, 2.24) is 0 Å². The van der Waals surface area contributed by atoms with E-state index in [1.54, 1.807) is 13.8 Å². The van der Waals surface area contributed by atoms with E-state index < -0.39 is 16.8 Å². The standard InChI is InChI=1S/C15H28O6/c1-6-14(2,3)13(18)19-9-7-10-20-21-11-8-15(4,5)12(16)17/h6-11H2,1-5H3,(H,16,17). The number of hydrogen-bond acceptors (Lipinski definition) is 5. The second-order valence-electron chi connectivity index (χ2n) is 6.31. The molecule has 0 aliphatic rings. The Morgan fingerprint density at radius 2 is 1.52 bits per heavy atom. The number of carbonyl (C=O) groups is 2. The summed E-state index contributed by atoms with van der Waals surface area (Å²) in [5.74, 6) is -1.08. The first-order chi connectivity index (χ1) is 9.63. The summed E-state index contributed by atoms with van der Waals surface area (Å²) in [6.07, 6.45) is 1.63. The molecule has 0 bridgehead atoms. The van der Waals surface area contributed by atoms with Crippen LogP contribution in [0.25, 0.3) is 0 Å². The van der Waals surface area contributed by atoms with Crippen molar-refractivity contribution < 1.29 is 29.2 Å². The molecule has 0 aromatic rings. The summed E-state index contributed by atoms with van der Waals surface area (Å²) in [6, 6.07) is 0. The van der Waals surface area contributed by atoms with E-state index >= 15 is 0 Å². The summed E-state index contributed by atoms with van der Waals surface area (Å²) in [4.78, 5) is 32.3. The first-order valence-corrected chi connectivity index (χ1v) is 7.28. The highest BCUT2D eigenvalue weighted by molar-refractivity contribution is 5.75. The van der Waals surface area contributed by atoms with E-state index in [0.717, 1.165) is 6.42 Å². The molecule has 6 nitrogen and oxygen atoms in total. The van der Waals surface area contributed by atoms with Gasteiger partial charge in [0.15, 0.2) is 0 Å². The summed E-state index contributed by atoms with van der Waals surface area (Å²) >= 11 is 0. The molecule has 0 spiro atoms. The van der Waals surface area contributed by atoms with E-state index in [9.17, 15) is 9.59 Å². The van der Waals surface area contributed by atoms with Crippen LogP contribution < -0.4 is 0 Å². The van der Waals surface area contributed by atoms with Crippen LogP contribution in [-0.2, 0) is 24.1 Å². The average Bonchev–Trinajstić information content (AvgIpc) is 2.41. The maximum absolute atomic E-state index is 11.7. The molecule has 6 heteroatoms. The van der Waals surface area contributed by atoms with Crippen molar-refractivity contribution in [1.29, 1.82) is 0 Å². The Hall–Kier alpha value is -1.14. The third-order valence-electron chi connectivity index (χ3n) is 3.51. The molecule has 1 N–H and O–H groups in total. The largest absolute Gasteiger partial charge is 0.481 e. The minimum absolute atomic E-state index is 0.210. The number of hydrogen-bond donors (Lipinski definition) is 1. The lowest BCUT2D eigenvalue weighted by Crippen LogP contribution is -2.26. The Kier molecular flexibility index (Phi) is 8.51. The van der Waals surface area contributed by atoms with Crippen molar-refractivity contribution in [3.63, 3.8) is 0 Å². The van der Waals surface area contributed by atoms with Gasteiger partial charge in [-0.25, -0.2) is 9.78 Å². The highest BCUT2D eigenvalue weighted by atomic mass is 17.2. The van der Waals surface area contributed by atoms with Crippen LogP contribution in [0, 0.1) is 10.8 Å². The lowest BCUT2D eigenvalue weighted by molar-refractivity contribution is -0.298. The molecule has 0 saturated carbocycles. The van der Waals surface area contributed by atoms with Gasteiger partial charge in [0.05, 0.1) is 30.7 Å². The molecule has 0 aromatic carbocycles. The van der Waals surface area contributed by atoms with Crippen LogP contribution >= 0.6 is 0 Å². The minimum Gasteiger partial charge on any atom is -0.481 e. The van der Waals surface area contributed by atoms with Crippen LogP contribution in [0.3, 0.4) is 0 Å². The van der Waals surface area contributed by atoms with Crippen molar-refractivity contribution in [3.05, 3.63) is 0 Å². The van der Waals surface area contributed by atoms with E-state index in [2.05, 4.69) is 0 Å². The number of carbonyl (C=O) groups excluding carboxylic acids is 1. The number of esters is 1. The quantitative estimate of drug-likeness (QED) is 0.273. The van der Waals surface area contributed by atoms with E-state index in [0.29, 0.717) is 19.4 Å². The summed E-state index contributed by atoms with van der Waals surface area (Å²) in [7, 11) is 0. The van der Waals surface area contributed by atoms with Gasteiger partial charge in [-0.05, 0) is 40.5 Å². The first-order valence-electron chi connectivity index (χ1n) is 7.28. The highest BCUT2D eigenvalue weighted by Crippen LogP contribution is 2.21. The molecule has 0 rings (SSSR count). The van der Waals surface area contributed by atoms with Gasteiger partial charge in [-0.15, -0.1) is 0 Å². The normalized spacial score (nSPS) is 12.2. The van der Waals surface area contributed by atoms with Crippen LogP contribution in [-0.4, -0.2) is 36.9 Å². The summed E-state index contributed by atoms with van der Waals surface area (Å²) in [5, 5.41) is 8.91. The predicted octanol–water partition coefficient (Wildman–Crippen LogP) is 2.81. The second-order valence-corrected chi connectivity index (χ2v) is 6.31. The Bertz CT molecular complexity index is 335. The zero-order valence-electron chi connectivity index (χ0n) is 13.7. The monoisotopic (exact) mass is 304 g/mol. The van der Waals surface area contributed by atoms with Crippen LogP contribution in [0.1, 0.15) is 53.9 Å². The van der Waals surface area contributed by atoms with Crippen molar-refractivity contribution in [2.75, 3.05) is 19.8 Å². The third kappa shape index (κ3) is 8.02. The Morgan fingerprint density at radius 1 is 0.952 bits per heavy atom. The predicted molar refractivity (Wildman–Crippen MR) is 77.6 cm³/mol. The van der Waals surface area contributed by atoms with Gasteiger partial charge in [-0.2, -0.15) is 0 Å². The molecule has 21 heavy (non-hydrogen) atoms. The number of carboxylic acids is 1. The molecule has 124 valence electrons. The molecule has 0 atom stereocenters. The van der Waals surface area contributed by atoms with Crippen molar-refractivity contribution in [2.24, 2.45) is 10.8 Å². The minimum atomic E-state index is -0.864. The van der Waals surface area contributed by atoms with Gasteiger partial charge in [0, 0.05) is 6.42 Å². The molecule has 0 aromatic heterocycles. The maximum atomic E-state index is 11.7. The van der Waals surface area contributed by atoms with Gasteiger partial charge in [0.25, 0.3) is 0 Å². The molecule has 0 aliphatic heterocycles. The van der Waals surface area contributed by atoms with Crippen LogP contribution in [0.15, 0.2) is 0 Å². The fourth-order valence-corrected chi connectivity index (χ4v) is 1.14. The number of aliphatic carboxylic acids is 1. The van der Waals surface area contributed by atoms with Crippen LogP contribution in [0.2, 0.25) is 0 Å². The van der Waals surface area contributed by atoms with Gasteiger partial charge in [-0.1, -0.05) is 6.92 Å². The topological polar surface area (TPSA) is 82.1 Å². The molecule has 0 fully saturated rings. The van der Waals surface area contributed by atoms with E-state index in [-0.39, 0.29) is 19.2 Å². The Morgan fingerprint density at radius 3 is 2.05 bits per heavy atom. The number of ether oxygens (including phenoxy) is 1. The molecule has 0 saturated heterocycles. The van der Waals surface area contributed by atoms with Gasteiger partial charge >= 0.3 is 11.9 Å². The molecular weight excluding hydrogens is 276 g/mol. The second kappa shape index (κ2) is 9.00. The molecule has 0 unspecified atom stereocenters. The first kappa shape index (κ1) is 19.9. The molecule has 0 aliphatic carbocycles. The van der Waals surface area contributed by atoms with Gasteiger partial charge in [0.2, 0.25) is 0 Å². The zero-order valence-corrected chi connectivity index (χ0v) is 13.7. The van der Waals surface area contributed by atoms with Gasteiger partial charge in [-0.3, -0.25) is 9.59 Å². The van der Waals surface area contributed by atoms with Gasteiger partial charge in [0.1, 0.15) is 0 Å². The SMILES string of the molecule is CCC(C)(C)C(=O)OCCCOOCCC(C)(C)C(=O)O. The number of rotatable bonds is 11. The highest BCUT2D eigenvalue weighted by Gasteiger charge is 2.27. The Labute approximate surface area is 126 Å². The number of carboxylic acid groups (broad SMARTS) is 1. The van der Waals surface area contributed by atoms with E-state index in [4.69, 9.17) is 19.6 Å². The molecule has 0 radical (unpaired) electrons. The van der Waals surface area contributed by atoms with Gasteiger partial charge < -0.3 is 9.84 Å². The fraction of sp³-hybridized carbons (Fsp3) is 0.867. The lowest BCUT2D eigenvalue weighted by Gasteiger charge is -2.20. The maximum Gasteiger partial charge on any atom is 0.311 e. The summed E-state index contributed by atoms with van der Waals surface area (Å²) < 4.78 is 5.14. The summed E-state index contributed by atoms with van der Waals surface area (Å²) in [6.45, 7) is 9.69. The van der Waals surface area contributed by atoms with Crippen LogP contribution in [0.4, 0.5) is 0 Å². The van der Waals surface area contributed by atoms with E-state index in [1.807, 2.05) is 20.8 Å². The van der Waals surface area contributed by atoms with Crippen molar-refractivity contribution in [2.45, 2.75) is 53.9 Å². The Balaban J connectivity index is 3.58. The van der Waals surface area contributed by atoms with Crippen LogP contribution in [0.5, 0.6) is 0 Å². The molecule has 0 heterocycles. The fourth-order valence-electron chi connectivity index (χ4n) is 1.14. The smallest absolute Gasteiger partial charge is 0.311 e. The van der Waals surface area contributed by atoms with Crippen molar-refractivity contribution >= 4 is 11.9 Å². The van der Waals surface area contributed by atoms with E-state index in [1.165, 1.54) is 0 Å². The molecule has 0 amide bonds.